The largest absolute Gasteiger partial charge is 1.00 e. The smallest absolute Gasteiger partial charge is 0.224 e. The van der Waals surface area contributed by atoms with Crippen LogP contribution in [0.3, 0.4) is 0 Å². The molecule has 5 aromatic rings. The molecule has 4 aliphatic heterocycles. The van der Waals surface area contributed by atoms with E-state index in [1.807, 2.05) is 68.4 Å². The van der Waals surface area contributed by atoms with Crippen LogP contribution in [-0.2, 0) is 4.79 Å². The first-order valence-electron chi connectivity index (χ1n) is 25.7. The highest BCUT2D eigenvalue weighted by Gasteiger charge is 2.37. The van der Waals surface area contributed by atoms with Gasteiger partial charge in [-0.1, -0.05) is 48.2 Å². The highest BCUT2D eigenvalue weighted by Crippen LogP contribution is 2.47. The average molecular weight is 1180 g/mol. The van der Waals surface area contributed by atoms with Crippen molar-refractivity contribution >= 4 is 103 Å². The number of thioether (sulfide) groups is 2. The number of amides is 1. The lowest BCUT2D eigenvalue weighted by Gasteiger charge is -2.41. The van der Waals surface area contributed by atoms with E-state index in [9.17, 15) is 4.79 Å². The molecule has 5 aromatic carbocycles. The highest BCUT2D eigenvalue weighted by atomic mass is 79.9. The van der Waals surface area contributed by atoms with Gasteiger partial charge < -0.3 is 57.0 Å². The maximum Gasteiger partial charge on any atom is 0.224 e. The molecule has 0 aromatic heterocycles. The van der Waals surface area contributed by atoms with Crippen molar-refractivity contribution in [2.45, 2.75) is 49.1 Å². The predicted molar refractivity (Wildman–Crippen MR) is 335 cm³/mol. The van der Waals surface area contributed by atoms with Crippen molar-refractivity contribution in [3.8, 4) is 10.6 Å². The van der Waals surface area contributed by atoms with Gasteiger partial charge in [0.2, 0.25) is 11.3 Å². The topological polar surface area (TPSA) is 76.5 Å². The number of benzene rings is 6. The zero-order valence-corrected chi connectivity index (χ0v) is 51.7. The first-order chi connectivity index (χ1) is 36.9. The van der Waals surface area contributed by atoms with E-state index in [1.54, 1.807) is 18.3 Å². The minimum atomic E-state index is 0. The number of carbonyl (C=O) groups is 1. The monoisotopic (exact) mass is 1180 g/mol. The van der Waals surface area contributed by atoms with Crippen molar-refractivity contribution in [1.29, 1.82) is 0 Å². The predicted octanol–water partition coefficient (Wildman–Crippen LogP) is 9.38. The van der Waals surface area contributed by atoms with E-state index >= 15 is 0 Å². The first kappa shape index (κ1) is 57.9. The van der Waals surface area contributed by atoms with E-state index in [1.165, 1.54) is 69.5 Å². The maximum atomic E-state index is 12.3. The van der Waals surface area contributed by atoms with Crippen LogP contribution in [-0.4, -0.2) is 128 Å². The summed E-state index contributed by atoms with van der Waals surface area (Å²) >= 11 is 7.41. The van der Waals surface area contributed by atoms with E-state index < -0.39 is 0 Å². The van der Waals surface area contributed by atoms with Crippen molar-refractivity contribution in [1.82, 2.24) is 19.4 Å². The Kier molecular flexibility index (Phi) is 18.7. The Morgan fingerprint density at radius 1 is 0.590 bits per heavy atom. The number of nitrogens with one attached hydrogen (secondary N) is 2. The summed E-state index contributed by atoms with van der Waals surface area (Å²) in [6.07, 6.45) is 13.3. The zero-order valence-electron chi connectivity index (χ0n) is 46.8. The van der Waals surface area contributed by atoms with Crippen LogP contribution in [0.4, 0.5) is 39.8 Å². The number of rotatable bonds is 5. The summed E-state index contributed by atoms with van der Waals surface area (Å²) < 4.78 is 3.34. The Balaban J connectivity index is 0.000000138. The molecule has 2 N–H and O–H groups in total. The Hall–Kier alpha value is -6.30. The van der Waals surface area contributed by atoms with Crippen LogP contribution < -0.4 is 57.1 Å². The number of para-hydroxylation sites is 2. The van der Waals surface area contributed by atoms with Gasteiger partial charge in [-0.25, -0.2) is 9.56 Å². The van der Waals surface area contributed by atoms with Gasteiger partial charge in [0.15, 0.2) is 0 Å². The molecule has 0 spiro atoms. The van der Waals surface area contributed by atoms with Crippen LogP contribution in [0.5, 0.6) is 0 Å². The second kappa shape index (κ2) is 25.2. The third-order valence-electron chi connectivity index (χ3n) is 13.7. The molecule has 4 unspecified atom stereocenters. The molecule has 1 amide bonds. The lowest BCUT2D eigenvalue weighted by Crippen LogP contribution is -3.00. The molecule has 0 radical (unpaired) electrons. The quantitative estimate of drug-likeness (QED) is 0.128. The molecular weight excluding hydrogens is 1110 g/mol. The lowest BCUT2D eigenvalue weighted by molar-refractivity contribution is -0.116. The van der Waals surface area contributed by atoms with Gasteiger partial charge in [-0.3, -0.25) is 4.79 Å². The molecule has 0 bridgehead atoms. The molecule has 78 heavy (non-hydrogen) atoms. The molecule has 406 valence electrons. The average Bonchev–Trinajstić information content (AvgIpc) is 3.46. The van der Waals surface area contributed by atoms with Gasteiger partial charge in [0.05, 0.1) is 60.4 Å². The van der Waals surface area contributed by atoms with Crippen LogP contribution in [0.25, 0.3) is 20.8 Å². The second-order valence-corrected chi connectivity index (χ2v) is 25.2. The fourth-order valence-electron chi connectivity index (χ4n) is 9.27. The summed E-state index contributed by atoms with van der Waals surface area (Å²) in [6.45, 7) is 1.65. The fraction of sp³-hybridized carbons (Fsp3) is 0.274. The number of halogens is 1. The normalized spacial score (nSPS) is 17.6. The number of aromatic nitrogens is 1. The SMILES string of the molecule is CC(=O)N1c2ccc(N(C)C)cc2SC2C=C(N(C)C)C=CC21.CN(C)C1=CC2Sc3cc(N(C)C)ccc3NC2C=C1.CN(C)c1ccc2nc3ccc(=[N+](C)C)cc-3sc2c1.[Br-].c1ccc2c(c1)Nc1ccccc1S2. The van der Waals surface area contributed by atoms with Crippen molar-refractivity contribution < 1.29 is 21.8 Å². The number of carbonyl (C=O) groups excluding carboxylic acids is 1. The number of fused-ring (bicyclic) bond motifs is 8. The fourth-order valence-corrected chi connectivity index (χ4v) is 13.9. The number of anilines is 7. The van der Waals surface area contributed by atoms with Crippen LogP contribution in [0.15, 0.2) is 189 Å². The molecule has 4 atom stereocenters. The number of nitrogens with zero attached hydrogens (tertiary/aromatic N) is 8. The van der Waals surface area contributed by atoms with Gasteiger partial charge in [-0.2, -0.15) is 0 Å². The summed E-state index contributed by atoms with van der Waals surface area (Å²) in [7, 11) is 24.8. The Labute approximate surface area is 489 Å². The van der Waals surface area contributed by atoms with E-state index in [-0.39, 0.29) is 34.2 Å². The minimum absolute atomic E-state index is 0. The Morgan fingerprint density at radius 3 is 1.77 bits per heavy atom. The second-order valence-electron chi connectivity index (χ2n) is 20.6. The molecule has 0 fully saturated rings. The molecule has 12 rings (SSSR count). The summed E-state index contributed by atoms with van der Waals surface area (Å²) in [5, 5.41) is 8.96. The number of hydrogen-bond donors (Lipinski definition) is 2. The number of likely N-dealkylation sites (N-methyl/N-ethyl adjacent to an activating group) is 2. The van der Waals surface area contributed by atoms with Crippen LogP contribution in [0.1, 0.15) is 6.92 Å². The van der Waals surface area contributed by atoms with Crippen molar-refractivity contribution in [2.24, 2.45) is 0 Å². The number of hydrogen-bond acceptors (Lipinski definition) is 13. The van der Waals surface area contributed by atoms with Gasteiger partial charge in [-0.05, 0) is 109 Å². The van der Waals surface area contributed by atoms with Gasteiger partial charge >= 0.3 is 0 Å². The van der Waals surface area contributed by atoms with Crippen LogP contribution in [0, 0.1) is 0 Å². The van der Waals surface area contributed by atoms with Gasteiger partial charge in [-0.15, -0.1) is 34.9 Å². The first-order valence-corrected chi connectivity index (χ1v) is 29.1. The molecule has 4 heterocycles. The molecule has 7 aliphatic rings. The zero-order chi connectivity index (χ0) is 54.7. The molecule has 0 saturated carbocycles. The molecule has 0 saturated heterocycles. The van der Waals surface area contributed by atoms with Gasteiger partial charge in [0, 0.05) is 143 Å². The van der Waals surface area contributed by atoms with Crippen molar-refractivity contribution in [3.63, 3.8) is 0 Å². The lowest BCUT2D eigenvalue weighted by atomic mass is 10.0. The Bertz CT molecular complexity index is 3380. The summed E-state index contributed by atoms with van der Waals surface area (Å²) in [6, 6.07) is 43.0. The van der Waals surface area contributed by atoms with E-state index in [0.29, 0.717) is 11.3 Å². The van der Waals surface area contributed by atoms with E-state index in [4.69, 9.17) is 4.98 Å². The minimum Gasteiger partial charge on any atom is -1.00 e. The van der Waals surface area contributed by atoms with Gasteiger partial charge in [0.1, 0.15) is 14.1 Å². The molecule has 11 nitrogen and oxygen atoms in total. The van der Waals surface area contributed by atoms with E-state index in [2.05, 4.69) is 254 Å². The van der Waals surface area contributed by atoms with Crippen LogP contribution >= 0.6 is 46.6 Å². The third kappa shape index (κ3) is 13.2. The van der Waals surface area contributed by atoms with E-state index in [0.717, 1.165) is 27.5 Å². The van der Waals surface area contributed by atoms with Crippen LogP contribution in [0.2, 0.25) is 0 Å². The highest BCUT2D eigenvalue weighted by molar-refractivity contribution is 8.00. The Morgan fingerprint density at radius 2 is 1.15 bits per heavy atom. The number of allylic oxidation sites excluding steroid dienone is 2. The summed E-state index contributed by atoms with van der Waals surface area (Å²) in [4.78, 5) is 35.9. The summed E-state index contributed by atoms with van der Waals surface area (Å²) in [5.74, 6) is 0.0884. The maximum absolute atomic E-state index is 12.3. The van der Waals surface area contributed by atoms with Crippen molar-refractivity contribution in [2.75, 3.05) is 115 Å². The molecule has 3 aliphatic carbocycles. The standard InChI is InChI=1S/C18H23N3OS.C16H21N3S.C16H18N3S.C12H9NS.BrH/c1-12(22)21-15-8-6-13(19(2)3)10-17(15)23-18-11-14(20(4)5)7-9-16(18)21;2*1-18(2)11-5-7-13-15(9-11)20-16-10-12(19(3)4)6-8-14(16)17-13;1-3-7-11-9(5-1)13-10-6-2-4-8-12(10)14-11;/h6-11,15,17H,1-5H3;5-10,13,15,17H,1-4H3;5-10H,1-4H3;1-8,13H;1H/q;;+1;;/p-1. The summed E-state index contributed by atoms with van der Waals surface area (Å²) in [5.41, 5.74) is 12.9. The molecular formula is C62H71BrN10OS4. The van der Waals surface area contributed by atoms with Gasteiger partial charge in [0.25, 0.3) is 0 Å². The molecule has 16 heteroatoms. The third-order valence-corrected chi connectivity index (χ3v) is 18.5. The van der Waals surface area contributed by atoms with Crippen molar-refractivity contribution in [3.05, 3.63) is 175 Å².